The van der Waals surface area contributed by atoms with Crippen LogP contribution in [0, 0.1) is 0 Å². The van der Waals surface area contributed by atoms with E-state index in [0.717, 1.165) is 44.2 Å². The summed E-state index contributed by atoms with van der Waals surface area (Å²) >= 11 is 1.64. The first-order chi connectivity index (χ1) is 13.3. The Morgan fingerprint density at radius 2 is 1.79 bits per heavy atom. The Morgan fingerprint density at radius 1 is 1.04 bits per heavy atom. The summed E-state index contributed by atoms with van der Waals surface area (Å²) in [5, 5.41) is 6.91. The molecule has 1 aromatic carbocycles. The molecule has 0 bridgehead atoms. The molecule has 1 saturated carbocycles. The van der Waals surface area contributed by atoms with Gasteiger partial charge in [-0.05, 0) is 42.5 Å². The minimum Gasteiger partial charge on any atom is -0.347 e. The Balaban J connectivity index is 1.63. The molecule has 0 unspecified atom stereocenters. The SMILES string of the molecule is O=C(NCC1(c2cccs2)CCCCC1)C(=O)Nc1cccc(C(F)(F)F)c1. The monoisotopic (exact) mass is 410 g/mol. The van der Waals surface area contributed by atoms with E-state index in [1.807, 2.05) is 17.5 Å². The molecule has 0 aliphatic heterocycles. The summed E-state index contributed by atoms with van der Waals surface area (Å²) in [4.78, 5) is 25.6. The lowest BCUT2D eigenvalue weighted by Crippen LogP contribution is -2.45. The highest BCUT2D eigenvalue weighted by molar-refractivity contribution is 7.10. The van der Waals surface area contributed by atoms with Gasteiger partial charge in [0.15, 0.2) is 0 Å². The number of nitrogens with one attached hydrogen (secondary N) is 2. The van der Waals surface area contributed by atoms with E-state index in [0.29, 0.717) is 6.54 Å². The third-order valence-electron chi connectivity index (χ3n) is 5.10. The van der Waals surface area contributed by atoms with Crippen LogP contribution in [0.15, 0.2) is 41.8 Å². The largest absolute Gasteiger partial charge is 0.416 e. The van der Waals surface area contributed by atoms with Crippen molar-refractivity contribution in [3.8, 4) is 0 Å². The van der Waals surface area contributed by atoms with E-state index in [-0.39, 0.29) is 11.1 Å². The van der Waals surface area contributed by atoms with Crippen LogP contribution in [0.25, 0.3) is 0 Å². The molecule has 4 nitrogen and oxygen atoms in total. The number of benzene rings is 1. The maximum atomic E-state index is 12.8. The third kappa shape index (κ3) is 4.73. The molecule has 150 valence electrons. The van der Waals surface area contributed by atoms with Crippen LogP contribution >= 0.6 is 11.3 Å². The van der Waals surface area contributed by atoms with Gasteiger partial charge in [-0.1, -0.05) is 31.4 Å². The molecule has 3 rings (SSSR count). The van der Waals surface area contributed by atoms with Crippen LogP contribution in [0.3, 0.4) is 0 Å². The molecule has 8 heteroatoms. The summed E-state index contributed by atoms with van der Waals surface area (Å²) in [6, 6.07) is 8.23. The van der Waals surface area contributed by atoms with Gasteiger partial charge in [-0.15, -0.1) is 11.3 Å². The summed E-state index contributed by atoms with van der Waals surface area (Å²) in [5.41, 5.74) is -1.14. The van der Waals surface area contributed by atoms with Crippen LogP contribution in [0.5, 0.6) is 0 Å². The molecule has 1 aliphatic carbocycles. The van der Waals surface area contributed by atoms with Gasteiger partial charge in [0.1, 0.15) is 0 Å². The highest BCUT2D eigenvalue weighted by atomic mass is 32.1. The number of amides is 2. The first-order valence-corrected chi connectivity index (χ1v) is 9.99. The van der Waals surface area contributed by atoms with Crippen molar-refractivity contribution in [2.45, 2.75) is 43.7 Å². The van der Waals surface area contributed by atoms with E-state index in [1.54, 1.807) is 11.3 Å². The van der Waals surface area contributed by atoms with E-state index >= 15 is 0 Å². The lowest BCUT2D eigenvalue weighted by Gasteiger charge is -2.36. The number of carbonyl (C=O) groups is 2. The van der Waals surface area contributed by atoms with E-state index in [4.69, 9.17) is 0 Å². The van der Waals surface area contributed by atoms with Gasteiger partial charge in [0.2, 0.25) is 0 Å². The van der Waals surface area contributed by atoms with Crippen molar-refractivity contribution >= 4 is 28.8 Å². The Morgan fingerprint density at radius 3 is 2.43 bits per heavy atom. The molecule has 0 spiro atoms. The van der Waals surface area contributed by atoms with Gasteiger partial charge < -0.3 is 10.6 Å². The average molecular weight is 410 g/mol. The first-order valence-electron chi connectivity index (χ1n) is 9.11. The van der Waals surface area contributed by atoms with Crippen molar-refractivity contribution in [2.75, 3.05) is 11.9 Å². The fourth-order valence-electron chi connectivity index (χ4n) is 3.61. The number of thiophene rings is 1. The second-order valence-electron chi connectivity index (χ2n) is 7.03. The molecule has 1 heterocycles. The quantitative estimate of drug-likeness (QED) is 0.717. The average Bonchev–Trinajstić information content (AvgIpc) is 3.22. The van der Waals surface area contributed by atoms with Crippen molar-refractivity contribution in [1.29, 1.82) is 0 Å². The van der Waals surface area contributed by atoms with Crippen molar-refractivity contribution < 1.29 is 22.8 Å². The molecule has 0 radical (unpaired) electrons. The normalized spacial score (nSPS) is 16.4. The Hall–Kier alpha value is -2.35. The summed E-state index contributed by atoms with van der Waals surface area (Å²) in [6.07, 6.45) is 0.620. The lowest BCUT2D eigenvalue weighted by atomic mass is 9.73. The molecule has 2 N–H and O–H groups in total. The number of alkyl halides is 3. The molecular weight excluding hydrogens is 389 g/mol. The van der Waals surface area contributed by atoms with Crippen molar-refractivity contribution in [2.24, 2.45) is 0 Å². The predicted octanol–water partition coefficient (Wildman–Crippen LogP) is 4.72. The van der Waals surface area contributed by atoms with Crippen LogP contribution in [-0.2, 0) is 21.2 Å². The van der Waals surface area contributed by atoms with E-state index in [1.165, 1.54) is 17.0 Å². The van der Waals surface area contributed by atoms with Gasteiger partial charge in [0, 0.05) is 22.5 Å². The van der Waals surface area contributed by atoms with E-state index in [9.17, 15) is 22.8 Å². The minimum atomic E-state index is -4.52. The minimum absolute atomic E-state index is 0.0689. The lowest BCUT2D eigenvalue weighted by molar-refractivity contribution is -0.137. The van der Waals surface area contributed by atoms with Gasteiger partial charge in [-0.2, -0.15) is 13.2 Å². The van der Waals surface area contributed by atoms with Crippen molar-refractivity contribution in [1.82, 2.24) is 5.32 Å². The van der Waals surface area contributed by atoms with Gasteiger partial charge in [0.05, 0.1) is 5.56 Å². The first kappa shape index (κ1) is 20.4. The van der Waals surface area contributed by atoms with E-state index in [2.05, 4.69) is 10.6 Å². The topological polar surface area (TPSA) is 58.2 Å². The summed E-state index contributed by atoms with van der Waals surface area (Å²) in [5.74, 6) is -1.82. The number of hydrogen-bond donors (Lipinski definition) is 2. The van der Waals surface area contributed by atoms with Gasteiger partial charge >= 0.3 is 18.0 Å². The smallest absolute Gasteiger partial charge is 0.347 e. The molecule has 0 atom stereocenters. The molecule has 2 amide bonds. The molecular formula is C20H21F3N2O2S. The zero-order chi connectivity index (χ0) is 20.2. The van der Waals surface area contributed by atoms with Crippen LogP contribution in [0.2, 0.25) is 0 Å². The highest BCUT2D eigenvalue weighted by Crippen LogP contribution is 2.41. The number of hydrogen-bond acceptors (Lipinski definition) is 3. The summed E-state index contributed by atoms with van der Waals surface area (Å²) in [6.45, 7) is 0.336. The van der Waals surface area contributed by atoms with E-state index < -0.39 is 23.6 Å². The van der Waals surface area contributed by atoms with Gasteiger partial charge in [-0.3, -0.25) is 9.59 Å². The van der Waals surface area contributed by atoms with Gasteiger partial charge in [0.25, 0.3) is 0 Å². The molecule has 2 aromatic rings. The highest BCUT2D eigenvalue weighted by Gasteiger charge is 2.36. The fourth-order valence-corrected chi connectivity index (χ4v) is 4.60. The Kier molecular flexibility index (Phi) is 6.07. The zero-order valence-electron chi connectivity index (χ0n) is 15.1. The van der Waals surface area contributed by atoms with Crippen LogP contribution in [0.1, 0.15) is 42.5 Å². The van der Waals surface area contributed by atoms with Crippen molar-refractivity contribution in [3.63, 3.8) is 0 Å². The molecule has 1 aliphatic rings. The van der Waals surface area contributed by atoms with Crippen LogP contribution in [-0.4, -0.2) is 18.4 Å². The summed E-state index contributed by atoms with van der Waals surface area (Å²) < 4.78 is 38.3. The molecule has 28 heavy (non-hydrogen) atoms. The zero-order valence-corrected chi connectivity index (χ0v) is 16.0. The standard InChI is InChI=1S/C20H21F3N2O2S/c21-20(22,23)14-6-4-7-15(12-14)25-18(27)17(26)24-13-19(9-2-1-3-10-19)16-8-5-11-28-16/h4-8,11-12H,1-3,9-10,13H2,(H,24,26)(H,25,27). The fraction of sp³-hybridized carbons (Fsp3) is 0.400. The summed E-state index contributed by atoms with van der Waals surface area (Å²) in [7, 11) is 0. The number of halogens is 3. The van der Waals surface area contributed by atoms with Gasteiger partial charge in [-0.25, -0.2) is 0 Å². The second-order valence-corrected chi connectivity index (χ2v) is 7.98. The maximum Gasteiger partial charge on any atom is 0.416 e. The number of carbonyl (C=O) groups excluding carboxylic acids is 2. The van der Waals surface area contributed by atoms with Crippen LogP contribution < -0.4 is 10.6 Å². The maximum absolute atomic E-state index is 12.8. The molecule has 1 aromatic heterocycles. The molecule has 1 fully saturated rings. The number of rotatable bonds is 4. The van der Waals surface area contributed by atoms with Crippen molar-refractivity contribution in [3.05, 3.63) is 52.2 Å². The second kappa shape index (κ2) is 8.34. The number of anilines is 1. The third-order valence-corrected chi connectivity index (χ3v) is 6.21. The Bertz CT molecular complexity index is 828. The Labute approximate surface area is 165 Å². The molecule has 0 saturated heterocycles. The van der Waals surface area contributed by atoms with Crippen LogP contribution in [0.4, 0.5) is 18.9 Å². The predicted molar refractivity (Wildman–Crippen MR) is 102 cm³/mol.